The minimum atomic E-state index is -3.80. The van der Waals surface area contributed by atoms with Crippen LogP contribution in [0.15, 0.2) is 58.3 Å². The summed E-state index contributed by atoms with van der Waals surface area (Å²) in [4.78, 5) is -0.126. The quantitative estimate of drug-likeness (QED) is 0.549. The van der Waals surface area contributed by atoms with Gasteiger partial charge < -0.3 is 5.73 Å². The zero-order chi connectivity index (χ0) is 18.8. The highest BCUT2D eigenvalue weighted by Gasteiger charge is 2.28. The number of hydrogen-bond acceptors (Lipinski definition) is 5. The summed E-state index contributed by atoms with van der Waals surface area (Å²) in [6.07, 6.45) is 2.12. The number of sulfonamides is 2. The van der Waals surface area contributed by atoms with Crippen molar-refractivity contribution in [2.45, 2.75) is 35.1 Å². The number of benzene rings is 2. The third-order valence-corrected chi connectivity index (χ3v) is 6.99. The molecule has 0 heterocycles. The molecule has 1 fully saturated rings. The Balaban J connectivity index is 0.00000261. The highest BCUT2D eigenvalue weighted by molar-refractivity contribution is 7.90. The molecule has 0 spiro atoms. The fourth-order valence-electron chi connectivity index (χ4n) is 2.39. The van der Waals surface area contributed by atoms with Crippen molar-refractivity contribution in [3.05, 3.63) is 54.1 Å². The van der Waals surface area contributed by atoms with Gasteiger partial charge in [0.1, 0.15) is 0 Å². The van der Waals surface area contributed by atoms with Crippen molar-refractivity contribution in [3.63, 3.8) is 0 Å². The summed E-state index contributed by atoms with van der Waals surface area (Å²) in [7, 11) is -7.50. The van der Waals surface area contributed by atoms with Crippen LogP contribution >= 0.6 is 12.4 Å². The van der Waals surface area contributed by atoms with Crippen LogP contribution in [0.3, 0.4) is 0 Å². The van der Waals surface area contributed by atoms with Gasteiger partial charge in [0.2, 0.25) is 20.0 Å². The predicted molar refractivity (Wildman–Crippen MR) is 107 cm³/mol. The van der Waals surface area contributed by atoms with Crippen LogP contribution in [0.4, 0.5) is 5.69 Å². The van der Waals surface area contributed by atoms with Crippen molar-refractivity contribution in [1.82, 2.24) is 9.44 Å². The van der Waals surface area contributed by atoms with Crippen molar-refractivity contribution < 1.29 is 16.8 Å². The molecule has 0 amide bonds. The average molecular weight is 432 g/mol. The molecule has 1 saturated carbocycles. The third-order valence-electron chi connectivity index (χ3n) is 4.01. The minimum absolute atomic E-state index is 0. The molecule has 2 aromatic rings. The van der Waals surface area contributed by atoms with E-state index in [9.17, 15) is 16.8 Å². The number of rotatable bonds is 8. The Morgan fingerprint density at radius 2 is 1.52 bits per heavy atom. The molecule has 7 nitrogen and oxygen atoms in total. The smallest absolute Gasteiger partial charge is 0.240 e. The molecule has 1 aliphatic carbocycles. The lowest BCUT2D eigenvalue weighted by molar-refractivity contribution is 0.579. The van der Waals surface area contributed by atoms with Crippen LogP contribution in [-0.2, 0) is 26.5 Å². The molecule has 0 saturated heterocycles. The van der Waals surface area contributed by atoms with E-state index < -0.39 is 20.0 Å². The Morgan fingerprint density at radius 1 is 0.926 bits per heavy atom. The van der Waals surface area contributed by atoms with E-state index in [1.54, 1.807) is 12.1 Å². The van der Waals surface area contributed by atoms with Crippen LogP contribution in [0.25, 0.3) is 0 Å². The Morgan fingerprint density at radius 3 is 2.11 bits per heavy atom. The van der Waals surface area contributed by atoms with E-state index in [0.717, 1.165) is 18.4 Å². The second-order valence-corrected chi connectivity index (χ2v) is 9.74. The molecular formula is C17H22ClN3O4S2. The van der Waals surface area contributed by atoms with E-state index in [2.05, 4.69) is 9.44 Å². The number of halogens is 1. The largest absolute Gasteiger partial charge is 0.399 e. The first-order valence-corrected chi connectivity index (χ1v) is 11.2. The third kappa shape index (κ3) is 5.91. The van der Waals surface area contributed by atoms with E-state index in [0.29, 0.717) is 12.1 Å². The van der Waals surface area contributed by atoms with E-state index in [1.165, 1.54) is 24.3 Å². The van der Waals surface area contributed by atoms with Gasteiger partial charge in [0, 0.05) is 18.3 Å². The van der Waals surface area contributed by atoms with Crippen LogP contribution in [0.2, 0.25) is 0 Å². The summed E-state index contributed by atoms with van der Waals surface area (Å²) >= 11 is 0. The Hall–Kier alpha value is -1.65. The van der Waals surface area contributed by atoms with E-state index >= 15 is 0 Å². The van der Waals surface area contributed by atoms with Gasteiger partial charge in [-0.15, -0.1) is 12.4 Å². The molecular weight excluding hydrogens is 410 g/mol. The van der Waals surface area contributed by atoms with Crippen LogP contribution in [0.1, 0.15) is 18.4 Å². The number of hydrogen-bond donors (Lipinski definition) is 3. The molecule has 10 heteroatoms. The fourth-order valence-corrected chi connectivity index (χ4v) is 4.90. The molecule has 0 aliphatic heterocycles. The van der Waals surface area contributed by atoms with Gasteiger partial charge in [-0.25, -0.2) is 26.3 Å². The molecule has 3 rings (SSSR count). The first-order valence-electron chi connectivity index (χ1n) is 8.23. The summed E-state index contributed by atoms with van der Waals surface area (Å²) in [5, 5.41) is 0. The lowest BCUT2D eigenvalue weighted by atomic mass is 10.1. The van der Waals surface area contributed by atoms with E-state index in [1.807, 2.05) is 12.1 Å². The standard InChI is InChI=1S/C17H21N3O4S2.ClH/c18-14-6-4-13(5-7-14)10-11-19-25(21,22)16-2-1-3-17(12-16)26(23,24)20-15-8-9-15;/h1-7,12,15,19-20H,8-11,18H2;1H. The molecule has 1 aliphatic rings. The summed E-state index contributed by atoms with van der Waals surface area (Å²) in [6.45, 7) is 0.198. The van der Waals surface area contributed by atoms with Gasteiger partial charge in [-0.3, -0.25) is 0 Å². The monoisotopic (exact) mass is 431 g/mol. The summed E-state index contributed by atoms with van der Waals surface area (Å²) < 4.78 is 54.4. The predicted octanol–water partition coefficient (Wildman–Crippen LogP) is 1.65. The maximum absolute atomic E-state index is 12.4. The Labute approximate surface area is 165 Å². The first-order chi connectivity index (χ1) is 12.3. The highest BCUT2D eigenvalue weighted by atomic mass is 35.5. The van der Waals surface area contributed by atoms with Crippen LogP contribution in [-0.4, -0.2) is 29.4 Å². The van der Waals surface area contributed by atoms with Crippen LogP contribution < -0.4 is 15.2 Å². The van der Waals surface area contributed by atoms with Crippen molar-refractivity contribution in [1.29, 1.82) is 0 Å². The maximum atomic E-state index is 12.4. The van der Waals surface area contributed by atoms with Crippen molar-refractivity contribution in [2.75, 3.05) is 12.3 Å². The normalized spacial score (nSPS) is 14.5. The lowest BCUT2D eigenvalue weighted by Gasteiger charge is -2.10. The second kappa shape index (κ2) is 8.57. The van der Waals surface area contributed by atoms with Crippen LogP contribution in [0.5, 0.6) is 0 Å². The second-order valence-electron chi connectivity index (χ2n) is 6.26. The highest BCUT2D eigenvalue weighted by Crippen LogP contribution is 2.23. The molecule has 2 aromatic carbocycles. The minimum Gasteiger partial charge on any atom is -0.399 e. The molecule has 4 N–H and O–H groups in total. The summed E-state index contributed by atoms with van der Waals surface area (Å²) in [5.74, 6) is 0. The molecule has 27 heavy (non-hydrogen) atoms. The first kappa shape index (κ1) is 21.6. The number of anilines is 1. The summed E-state index contributed by atoms with van der Waals surface area (Å²) in [6, 6.07) is 12.5. The van der Waals surface area contributed by atoms with Crippen LogP contribution in [0, 0.1) is 0 Å². The molecule has 0 atom stereocenters. The summed E-state index contributed by atoms with van der Waals surface area (Å²) in [5.41, 5.74) is 7.21. The van der Waals surface area contributed by atoms with Gasteiger partial charge in [0.05, 0.1) is 9.79 Å². The topological polar surface area (TPSA) is 118 Å². The van der Waals surface area contributed by atoms with Gasteiger partial charge in [0.25, 0.3) is 0 Å². The molecule has 0 bridgehead atoms. The molecule has 0 unspecified atom stereocenters. The van der Waals surface area contributed by atoms with E-state index in [-0.39, 0.29) is 34.8 Å². The number of nitrogen functional groups attached to an aromatic ring is 1. The van der Waals surface area contributed by atoms with E-state index in [4.69, 9.17) is 5.73 Å². The fraction of sp³-hybridized carbons (Fsp3) is 0.294. The molecule has 148 valence electrons. The van der Waals surface area contributed by atoms with Gasteiger partial charge in [-0.2, -0.15) is 0 Å². The zero-order valence-electron chi connectivity index (χ0n) is 14.5. The van der Waals surface area contributed by atoms with Gasteiger partial charge in [0.15, 0.2) is 0 Å². The molecule has 0 radical (unpaired) electrons. The molecule has 0 aromatic heterocycles. The Kier molecular flexibility index (Phi) is 6.87. The van der Waals surface area contributed by atoms with Gasteiger partial charge in [-0.05, 0) is 55.2 Å². The van der Waals surface area contributed by atoms with Gasteiger partial charge in [-0.1, -0.05) is 18.2 Å². The Bertz CT molecular complexity index is 989. The number of nitrogens with two attached hydrogens (primary N) is 1. The average Bonchev–Trinajstić information content (AvgIpc) is 3.40. The van der Waals surface area contributed by atoms with Gasteiger partial charge >= 0.3 is 0 Å². The van der Waals surface area contributed by atoms with Crippen molar-refractivity contribution in [2.24, 2.45) is 0 Å². The van der Waals surface area contributed by atoms with Crippen molar-refractivity contribution >= 4 is 38.1 Å². The maximum Gasteiger partial charge on any atom is 0.240 e. The number of nitrogens with one attached hydrogen (secondary N) is 2. The lowest BCUT2D eigenvalue weighted by Crippen LogP contribution is -2.28. The zero-order valence-corrected chi connectivity index (χ0v) is 16.9. The van der Waals surface area contributed by atoms with Crippen molar-refractivity contribution in [3.8, 4) is 0 Å². The SMILES string of the molecule is Cl.Nc1ccc(CCNS(=O)(=O)c2cccc(S(=O)(=O)NC3CC3)c2)cc1.